The maximum absolute atomic E-state index is 12.8. The summed E-state index contributed by atoms with van der Waals surface area (Å²) in [5.74, 6) is 0.0375. The summed E-state index contributed by atoms with van der Waals surface area (Å²) in [7, 11) is 0. The molecule has 5 heteroatoms. The molecule has 1 aliphatic rings. The van der Waals surface area contributed by atoms with Gasteiger partial charge in [0.2, 0.25) is 5.78 Å². The van der Waals surface area contributed by atoms with E-state index in [4.69, 9.17) is 11.6 Å². The highest BCUT2D eigenvalue weighted by Crippen LogP contribution is 2.33. The number of carbonyl (C=O) groups excluding carboxylic acids is 1. The van der Waals surface area contributed by atoms with Gasteiger partial charge in [-0.3, -0.25) is 4.79 Å². The molecule has 4 rings (SSSR count). The maximum atomic E-state index is 12.8. The van der Waals surface area contributed by atoms with Crippen LogP contribution in [0.2, 0.25) is 5.02 Å². The molecule has 0 unspecified atom stereocenters. The summed E-state index contributed by atoms with van der Waals surface area (Å²) in [5, 5.41) is 1.28. The summed E-state index contributed by atoms with van der Waals surface area (Å²) in [5.41, 5.74) is 2.62. The van der Waals surface area contributed by atoms with Crippen molar-refractivity contribution in [3.8, 4) is 0 Å². The zero-order valence-corrected chi connectivity index (χ0v) is 12.9. The van der Waals surface area contributed by atoms with E-state index >= 15 is 0 Å². The first-order chi connectivity index (χ1) is 10.2. The number of nitrogens with one attached hydrogen (secondary N) is 1. The smallest absolute Gasteiger partial charge is 0.205 e. The number of hydrogen-bond acceptors (Lipinski definition) is 3. The number of ketones is 1. The van der Waals surface area contributed by atoms with E-state index in [1.165, 1.54) is 23.3 Å². The second kappa shape index (κ2) is 4.97. The quantitative estimate of drug-likeness (QED) is 0.713. The van der Waals surface area contributed by atoms with Gasteiger partial charge in [0.05, 0.1) is 15.5 Å². The number of aryl methyl sites for hydroxylation is 2. The third-order valence-electron chi connectivity index (χ3n) is 3.99. The zero-order chi connectivity index (χ0) is 14.4. The van der Waals surface area contributed by atoms with Crippen LogP contribution >= 0.6 is 22.9 Å². The summed E-state index contributed by atoms with van der Waals surface area (Å²) >= 11 is 7.86. The molecule has 3 nitrogen and oxygen atoms in total. The van der Waals surface area contributed by atoms with Crippen LogP contribution in [-0.4, -0.2) is 15.8 Å². The van der Waals surface area contributed by atoms with Crippen LogP contribution in [0.1, 0.15) is 38.5 Å². The fourth-order valence-corrected chi connectivity index (χ4v) is 4.39. The summed E-state index contributed by atoms with van der Waals surface area (Å²) in [4.78, 5) is 22.2. The van der Waals surface area contributed by atoms with Gasteiger partial charge in [-0.2, -0.15) is 0 Å². The van der Waals surface area contributed by atoms with Crippen molar-refractivity contribution in [2.45, 2.75) is 25.7 Å². The van der Waals surface area contributed by atoms with Gasteiger partial charge in [-0.05, 0) is 43.4 Å². The molecule has 1 N–H and O–H groups in total. The fourth-order valence-electron chi connectivity index (χ4n) is 2.93. The van der Waals surface area contributed by atoms with Crippen LogP contribution in [0.15, 0.2) is 24.5 Å². The molecule has 0 radical (unpaired) electrons. The predicted octanol–water partition coefficient (Wildman–Crippen LogP) is 4.39. The Kier molecular flexibility index (Phi) is 3.08. The molecule has 1 aliphatic carbocycles. The lowest BCUT2D eigenvalue weighted by Gasteiger charge is -2.08. The van der Waals surface area contributed by atoms with Gasteiger partial charge in [0.25, 0.3) is 0 Å². The third kappa shape index (κ3) is 2.10. The standard InChI is InChI=1S/C16H13ClN2OS/c17-11-5-6-18-16-14(11)10(8-19-16)15(20)13-7-9-3-1-2-4-12(9)21-13/h5-8H,1-4H2,(H,18,19). The highest BCUT2D eigenvalue weighted by atomic mass is 35.5. The second-order valence-corrected chi connectivity index (χ2v) is 6.86. The van der Waals surface area contributed by atoms with Crippen molar-refractivity contribution in [2.24, 2.45) is 0 Å². The molecule has 3 aromatic heterocycles. The topological polar surface area (TPSA) is 45.8 Å². The Labute approximate surface area is 131 Å². The van der Waals surface area contributed by atoms with E-state index in [1.54, 1.807) is 29.8 Å². The second-order valence-electron chi connectivity index (χ2n) is 5.31. The molecule has 0 bridgehead atoms. The van der Waals surface area contributed by atoms with E-state index in [9.17, 15) is 4.79 Å². The molecule has 21 heavy (non-hydrogen) atoms. The van der Waals surface area contributed by atoms with Crippen molar-refractivity contribution in [1.82, 2.24) is 9.97 Å². The van der Waals surface area contributed by atoms with E-state index in [0.717, 1.165) is 23.1 Å². The van der Waals surface area contributed by atoms with Gasteiger partial charge < -0.3 is 4.98 Å². The van der Waals surface area contributed by atoms with Gasteiger partial charge in [0.1, 0.15) is 5.65 Å². The molecule has 0 atom stereocenters. The average molecular weight is 317 g/mol. The Bertz CT molecular complexity index is 826. The molecular formula is C16H13ClN2OS. The molecule has 0 aromatic carbocycles. The van der Waals surface area contributed by atoms with Crippen LogP contribution in [0.4, 0.5) is 0 Å². The molecule has 0 amide bonds. The lowest BCUT2D eigenvalue weighted by molar-refractivity contribution is 0.104. The highest BCUT2D eigenvalue weighted by molar-refractivity contribution is 7.14. The number of rotatable bonds is 2. The minimum atomic E-state index is 0.0375. The number of aromatic amines is 1. The van der Waals surface area contributed by atoms with Crippen LogP contribution in [0, 0.1) is 0 Å². The van der Waals surface area contributed by atoms with Crippen LogP contribution in [0.3, 0.4) is 0 Å². The van der Waals surface area contributed by atoms with Crippen LogP contribution in [0.25, 0.3) is 11.0 Å². The molecule has 0 spiro atoms. The number of carbonyl (C=O) groups is 1. The van der Waals surface area contributed by atoms with Gasteiger partial charge in [0, 0.05) is 22.7 Å². The van der Waals surface area contributed by atoms with E-state index in [2.05, 4.69) is 16.0 Å². The predicted molar refractivity (Wildman–Crippen MR) is 85.5 cm³/mol. The van der Waals surface area contributed by atoms with Crippen molar-refractivity contribution in [2.75, 3.05) is 0 Å². The molecule has 106 valence electrons. The van der Waals surface area contributed by atoms with Crippen molar-refractivity contribution in [3.63, 3.8) is 0 Å². The largest absolute Gasteiger partial charge is 0.345 e. The fraction of sp³-hybridized carbons (Fsp3) is 0.250. The number of aromatic nitrogens is 2. The van der Waals surface area contributed by atoms with Crippen LogP contribution in [0.5, 0.6) is 0 Å². The minimum Gasteiger partial charge on any atom is -0.345 e. The Hall–Kier alpha value is -1.65. The molecule has 0 saturated heterocycles. The molecule has 0 aliphatic heterocycles. The van der Waals surface area contributed by atoms with Gasteiger partial charge in [-0.1, -0.05) is 11.6 Å². The number of hydrogen-bond donors (Lipinski definition) is 1. The van der Waals surface area contributed by atoms with E-state index < -0.39 is 0 Å². The SMILES string of the molecule is O=C(c1cc2c(s1)CCCC2)c1c[nH]c2nccc(Cl)c12. The Morgan fingerprint density at radius 3 is 3.05 bits per heavy atom. The van der Waals surface area contributed by atoms with E-state index in [1.807, 2.05) is 0 Å². The van der Waals surface area contributed by atoms with Crippen molar-refractivity contribution in [1.29, 1.82) is 0 Å². The number of nitrogens with zero attached hydrogens (tertiary/aromatic N) is 1. The lowest BCUT2D eigenvalue weighted by Crippen LogP contribution is -1.98. The Morgan fingerprint density at radius 2 is 2.19 bits per heavy atom. The van der Waals surface area contributed by atoms with Crippen LogP contribution in [-0.2, 0) is 12.8 Å². The maximum Gasteiger partial charge on any atom is 0.205 e. The first-order valence-electron chi connectivity index (χ1n) is 7.02. The van der Waals surface area contributed by atoms with Crippen molar-refractivity contribution >= 4 is 39.8 Å². The number of thiophene rings is 1. The van der Waals surface area contributed by atoms with Crippen LogP contribution < -0.4 is 0 Å². The first-order valence-corrected chi connectivity index (χ1v) is 8.21. The summed E-state index contributed by atoms with van der Waals surface area (Å²) in [6.45, 7) is 0. The number of pyridine rings is 1. The Balaban J connectivity index is 1.81. The molecule has 3 heterocycles. The molecule has 0 saturated carbocycles. The normalized spacial score (nSPS) is 14.3. The minimum absolute atomic E-state index is 0.0375. The van der Waals surface area contributed by atoms with Gasteiger partial charge in [-0.25, -0.2) is 4.98 Å². The monoisotopic (exact) mass is 316 g/mol. The van der Waals surface area contributed by atoms with Gasteiger partial charge >= 0.3 is 0 Å². The zero-order valence-electron chi connectivity index (χ0n) is 11.3. The summed E-state index contributed by atoms with van der Waals surface area (Å²) in [6.07, 6.45) is 7.99. The molecular weight excluding hydrogens is 304 g/mol. The van der Waals surface area contributed by atoms with Gasteiger partial charge in [0.15, 0.2) is 0 Å². The van der Waals surface area contributed by atoms with E-state index in [0.29, 0.717) is 16.2 Å². The lowest BCUT2D eigenvalue weighted by atomic mass is 9.98. The molecule has 3 aromatic rings. The number of fused-ring (bicyclic) bond motifs is 2. The van der Waals surface area contributed by atoms with Crippen molar-refractivity contribution < 1.29 is 4.79 Å². The van der Waals surface area contributed by atoms with Gasteiger partial charge in [-0.15, -0.1) is 11.3 Å². The summed E-state index contributed by atoms with van der Waals surface area (Å²) in [6, 6.07) is 3.78. The number of halogens is 1. The molecule has 0 fully saturated rings. The Morgan fingerprint density at radius 1 is 1.33 bits per heavy atom. The first kappa shape index (κ1) is 13.0. The highest BCUT2D eigenvalue weighted by Gasteiger charge is 2.21. The third-order valence-corrected chi connectivity index (χ3v) is 5.54. The average Bonchev–Trinajstić information content (AvgIpc) is 3.11. The number of H-pyrrole nitrogens is 1. The summed E-state index contributed by atoms with van der Waals surface area (Å²) < 4.78 is 0. The van der Waals surface area contributed by atoms with E-state index in [-0.39, 0.29) is 5.78 Å². The van der Waals surface area contributed by atoms with Crippen molar-refractivity contribution in [3.05, 3.63) is 50.4 Å².